The molecule has 0 saturated carbocycles. The van der Waals surface area contributed by atoms with Gasteiger partial charge in [0.25, 0.3) is 0 Å². The molecule has 2 saturated heterocycles. The number of carbonyl (C=O) groups is 1. The molecule has 1 aromatic heterocycles. The van der Waals surface area contributed by atoms with Gasteiger partial charge in [-0.05, 0) is 65.8 Å². The van der Waals surface area contributed by atoms with Crippen LogP contribution in [0.2, 0.25) is 5.02 Å². The smallest absolute Gasteiger partial charge is 0.469 e. The van der Waals surface area contributed by atoms with Gasteiger partial charge in [-0.25, -0.2) is 4.98 Å². The van der Waals surface area contributed by atoms with Crippen LogP contribution < -0.4 is 10.2 Å². The molecule has 0 radical (unpaired) electrons. The fourth-order valence-corrected chi connectivity index (χ4v) is 5.34. The number of carbonyl (C=O) groups excluding carboxylic acids is 1. The minimum Gasteiger partial charge on any atom is -0.469 e. The molecule has 2 fully saturated rings. The molecule has 214 valence electrons. The van der Waals surface area contributed by atoms with Crippen LogP contribution in [0.15, 0.2) is 34.7 Å². The maximum Gasteiger partial charge on any atom is 0.496 e. The second-order valence-electron chi connectivity index (χ2n) is 11.2. The summed E-state index contributed by atoms with van der Waals surface area (Å²) in [6.45, 7) is 6.44. The molecular formula is C28H32BClF2N2O6. The number of ether oxygens (including phenoxy) is 2. The third-order valence-corrected chi connectivity index (χ3v) is 8.49. The summed E-state index contributed by atoms with van der Waals surface area (Å²) in [6, 6.07) is 8.53. The standard InChI is InChI=1S/C28H32BClF2N2O6/c1-27(2)28(3,4)40-29(39-27)19-8-6-7-18(23(19)30)24-33-20-13-17(21(38-26(31)32)14-22(20)37-24)15-34-11-9-16(10-12-34)25(35)36-5/h6-8,13-14,16,26H,9-12,15H2,1-5H3. The lowest BCUT2D eigenvalue weighted by Gasteiger charge is -2.32. The van der Waals surface area contributed by atoms with Gasteiger partial charge in [-0.1, -0.05) is 23.7 Å². The molecule has 40 heavy (non-hydrogen) atoms. The quantitative estimate of drug-likeness (QED) is 0.272. The summed E-state index contributed by atoms with van der Waals surface area (Å²) in [5.41, 5.74) is 1.39. The van der Waals surface area contributed by atoms with E-state index in [9.17, 15) is 13.6 Å². The number of likely N-dealkylation sites (tertiary alicyclic amines) is 1. The summed E-state index contributed by atoms with van der Waals surface area (Å²) in [6.07, 6.45) is 1.26. The Morgan fingerprint density at radius 2 is 1.85 bits per heavy atom. The maximum atomic E-state index is 13.3. The van der Waals surface area contributed by atoms with Gasteiger partial charge in [0.1, 0.15) is 11.3 Å². The highest BCUT2D eigenvalue weighted by Crippen LogP contribution is 2.39. The number of halogens is 3. The van der Waals surface area contributed by atoms with Crippen molar-refractivity contribution in [1.29, 1.82) is 0 Å². The third-order valence-electron chi connectivity index (χ3n) is 8.07. The Kier molecular flexibility index (Phi) is 7.86. The third kappa shape index (κ3) is 5.57. The lowest BCUT2D eigenvalue weighted by atomic mass is 9.78. The zero-order valence-electron chi connectivity index (χ0n) is 23.1. The van der Waals surface area contributed by atoms with Crippen LogP contribution in [0.5, 0.6) is 5.75 Å². The SMILES string of the molecule is COC(=O)C1CCN(Cc2cc3nc(-c4cccc(B5OC(C)(C)C(C)(C)O5)c4Cl)oc3cc2OC(F)F)CC1. The average molecular weight is 577 g/mol. The average Bonchev–Trinajstić information content (AvgIpc) is 3.39. The summed E-state index contributed by atoms with van der Waals surface area (Å²) in [5, 5.41) is 0.366. The van der Waals surface area contributed by atoms with Gasteiger partial charge in [0.05, 0.1) is 34.8 Å². The molecule has 0 N–H and O–H groups in total. The van der Waals surface area contributed by atoms with Crippen molar-refractivity contribution in [2.75, 3.05) is 20.2 Å². The first-order valence-electron chi connectivity index (χ1n) is 13.2. The van der Waals surface area contributed by atoms with Gasteiger partial charge in [-0.3, -0.25) is 9.69 Å². The van der Waals surface area contributed by atoms with E-state index in [4.69, 9.17) is 34.8 Å². The van der Waals surface area contributed by atoms with Crippen LogP contribution in [0.3, 0.4) is 0 Å². The number of esters is 1. The van der Waals surface area contributed by atoms with Crippen molar-refractivity contribution in [3.8, 4) is 17.2 Å². The van der Waals surface area contributed by atoms with Crippen LogP contribution in [0.1, 0.15) is 46.1 Å². The fraction of sp³-hybridized carbons (Fsp3) is 0.500. The molecule has 2 aliphatic rings. The van der Waals surface area contributed by atoms with Gasteiger partial charge >= 0.3 is 19.7 Å². The first kappa shape index (κ1) is 28.8. The molecule has 0 atom stereocenters. The van der Waals surface area contributed by atoms with E-state index >= 15 is 0 Å². The van der Waals surface area contributed by atoms with E-state index in [1.807, 2.05) is 39.8 Å². The van der Waals surface area contributed by atoms with Crippen molar-refractivity contribution >= 4 is 41.3 Å². The van der Waals surface area contributed by atoms with E-state index in [-0.39, 0.29) is 29.1 Å². The summed E-state index contributed by atoms with van der Waals surface area (Å²) in [5.74, 6) is -0.134. The molecule has 0 unspecified atom stereocenters. The van der Waals surface area contributed by atoms with Crippen LogP contribution in [-0.4, -0.2) is 61.0 Å². The molecule has 5 rings (SSSR count). The second kappa shape index (κ2) is 10.9. The number of fused-ring (bicyclic) bond motifs is 1. The molecule has 8 nitrogen and oxygen atoms in total. The monoisotopic (exact) mass is 576 g/mol. The van der Waals surface area contributed by atoms with Gasteiger partial charge in [-0.15, -0.1) is 0 Å². The number of rotatable bonds is 7. The first-order chi connectivity index (χ1) is 18.9. The van der Waals surface area contributed by atoms with Gasteiger partial charge in [0.15, 0.2) is 5.58 Å². The van der Waals surface area contributed by atoms with Crippen LogP contribution >= 0.6 is 11.6 Å². The Labute approximate surface area is 237 Å². The van der Waals surface area contributed by atoms with Crippen molar-refractivity contribution in [1.82, 2.24) is 9.88 Å². The Morgan fingerprint density at radius 3 is 2.48 bits per heavy atom. The van der Waals surface area contributed by atoms with Gasteiger partial charge in [-0.2, -0.15) is 8.78 Å². The summed E-state index contributed by atoms with van der Waals surface area (Å²) >= 11 is 6.82. The molecule has 3 aromatic rings. The normalized spacial score (nSPS) is 19.5. The highest BCUT2D eigenvalue weighted by atomic mass is 35.5. The first-order valence-corrected chi connectivity index (χ1v) is 13.6. The number of benzene rings is 2. The van der Waals surface area contributed by atoms with Crippen molar-refractivity contribution in [3.05, 3.63) is 40.9 Å². The predicted octanol–water partition coefficient (Wildman–Crippen LogP) is 5.43. The molecular weight excluding hydrogens is 545 g/mol. The lowest BCUT2D eigenvalue weighted by Crippen LogP contribution is -2.41. The van der Waals surface area contributed by atoms with Crippen molar-refractivity contribution < 1.29 is 36.8 Å². The molecule has 0 spiro atoms. The summed E-state index contributed by atoms with van der Waals surface area (Å²) in [7, 11) is 0.702. The van der Waals surface area contributed by atoms with Crippen LogP contribution in [0, 0.1) is 5.92 Å². The molecule has 0 aliphatic carbocycles. The van der Waals surface area contributed by atoms with Gasteiger partial charge in [0, 0.05) is 23.6 Å². The maximum absolute atomic E-state index is 13.3. The van der Waals surface area contributed by atoms with E-state index < -0.39 is 24.9 Å². The van der Waals surface area contributed by atoms with Crippen molar-refractivity contribution in [3.63, 3.8) is 0 Å². The topological polar surface area (TPSA) is 83.3 Å². The number of nitrogens with zero attached hydrogens (tertiary/aromatic N) is 2. The van der Waals surface area contributed by atoms with E-state index in [2.05, 4.69) is 9.88 Å². The summed E-state index contributed by atoms with van der Waals surface area (Å²) in [4.78, 5) is 18.6. The van der Waals surface area contributed by atoms with E-state index in [1.165, 1.54) is 13.2 Å². The number of hydrogen-bond donors (Lipinski definition) is 0. The van der Waals surface area contributed by atoms with Gasteiger partial charge in [0.2, 0.25) is 5.89 Å². The zero-order chi connectivity index (χ0) is 28.8. The number of piperidine rings is 1. The number of oxazole rings is 1. The van der Waals surface area contributed by atoms with Gasteiger partial charge < -0.3 is 23.2 Å². The van der Waals surface area contributed by atoms with Crippen LogP contribution in [0.4, 0.5) is 8.78 Å². The molecule has 2 aromatic carbocycles. The largest absolute Gasteiger partial charge is 0.496 e. The molecule has 0 amide bonds. The van der Waals surface area contributed by atoms with Crippen molar-refractivity contribution in [2.45, 2.75) is 64.9 Å². The van der Waals surface area contributed by atoms with Crippen LogP contribution in [-0.2, 0) is 25.4 Å². The highest BCUT2D eigenvalue weighted by Gasteiger charge is 2.52. The molecule has 12 heteroatoms. The molecule has 2 aliphatic heterocycles. The number of alkyl halides is 2. The predicted molar refractivity (Wildman–Crippen MR) is 147 cm³/mol. The zero-order valence-corrected chi connectivity index (χ0v) is 23.9. The minimum atomic E-state index is -3.00. The lowest BCUT2D eigenvalue weighted by molar-refractivity contribution is -0.147. The Balaban J connectivity index is 1.43. The van der Waals surface area contributed by atoms with Crippen molar-refractivity contribution in [2.24, 2.45) is 5.92 Å². The van der Waals surface area contributed by atoms with E-state index in [0.29, 0.717) is 59.6 Å². The number of hydrogen-bond acceptors (Lipinski definition) is 8. The van der Waals surface area contributed by atoms with E-state index in [1.54, 1.807) is 12.1 Å². The fourth-order valence-electron chi connectivity index (χ4n) is 5.04. The second-order valence-corrected chi connectivity index (χ2v) is 11.6. The molecule has 3 heterocycles. The Morgan fingerprint density at radius 1 is 1.18 bits per heavy atom. The number of aromatic nitrogens is 1. The highest BCUT2D eigenvalue weighted by molar-refractivity contribution is 6.66. The Hall–Kier alpha value is -2.73. The molecule has 0 bridgehead atoms. The number of methoxy groups -OCH3 is 1. The summed E-state index contributed by atoms with van der Waals surface area (Å²) < 4.78 is 54.7. The van der Waals surface area contributed by atoms with E-state index in [0.717, 1.165) is 0 Å². The minimum absolute atomic E-state index is 0.0114. The Bertz CT molecular complexity index is 1390. The van der Waals surface area contributed by atoms with Crippen LogP contribution in [0.25, 0.3) is 22.6 Å².